The van der Waals surface area contributed by atoms with Crippen molar-refractivity contribution in [2.24, 2.45) is 5.92 Å². The van der Waals surface area contributed by atoms with Crippen molar-refractivity contribution in [1.29, 1.82) is 0 Å². The molecule has 0 saturated carbocycles. The molecule has 2 rings (SSSR count). The molecule has 0 bridgehead atoms. The lowest BCUT2D eigenvalue weighted by Crippen LogP contribution is -3.13. The Morgan fingerprint density at radius 2 is 1.90 bits per heavy atom. The fraction of sp³-hybridized carbons (Fsp3) is 0.611. The topological polar surface area (TPSA) is 30.7 Å². The minimum atomic E-state index is 0.245. The summed E-state index contributed by atoms with van der Waals surface area (Å²) in [4.78, 5) is 12.6. The number of piperidine rings is 1. The highest BCUT2D eigenvalue weighted by molar-refractivity contribution is 5.75. The molecule has 1 aliphatic rings. The van der Waals surface area contributed by atoms with Crippen LogP contribution < -0.4 is 9.64 Å². The van der Waals surface area contributed by atoms with Crippen LogP contribution in [-0.4, -0.2) is 32.0 Å². The van der Waals surface area contributed by atoms with Crippen LogP contribution in [0.25, 0.3) is 0 Å². The molecule has 1 N–H and O–H groups in total. The van der Waals surface area contributed by atoms with E-state index in [-0.39, 0.29) is 5.78 Å². The van der Waals surface area contributed by atoms with Gasteiger partial charge >= 0.3 is 0 Å². The molecule has 1 saturated heterocycles. The summed E-state index contributed by atoms with van der Waals surface area (Å²) in [5.41, 5.74) is 1.20. The van der Waals surface area contributed by atoms with Gasteiger partial charge in [-0.25, -0.2) is 0 Å². The molecule has 1 aromatic rings. The minimum absolute atomic E-state index is 0.245. The summed E-state index contributed by atoms with van der Waals surface area (Å²) in [6.07, 6.45) is 4.14. The zero-order valence-corrected chi connectivity index (χ0v) is 13.4. The molecule has 0 unspecified atom stereocenters. The predicted octanol–water partition coefficient (Wildman–Crippen LogP) is 1.90. The van der Waals surface area contributed by atoms with Gasteiger partial charge in [-0.3, -0.25) is 0 Å². The Kier molecular flexibility index (Phi) is 6.24. The Bertz CT molecular complexity index is 433. The monoisotopic (exact) mass is 290 g/mol. The lowest BCUT2D eigenvalue weighted by molar-refractivity contribution is -0.906. The highest BCUT2D eigenvalue weighted by Crippen LogP contribution is 2.13. The second kappa shape index (κ2) is 8.18. The number of hydrogen-bond acceptors (Lipinski definition) is 2. The predicted molar refractivity (Wildman–Crippen MR) is 84.9 cm³/mol. The van der Waals surface area contributed by atoms with Gasteiger partial charge in [-0.2, -0.15) is 0 Å². The van der Waals surface area contributed by atoms with Crippen LogP contribution in [0.2, 0.25) is 0 Å². The van der Waals surface area contributed by atoms with Crippen molar-refractivity contribution < 1.29 is 14.4 Å². The lowest BCUT2D eigenvalue weighted by atomic mass is 9.99. The summed E-state index contributed by atoms with van der Waals surface area (Å²) in [7, 11) is 0. The Morgan fingerprint density at radius 3 is 2.52 bits per heavy atom. The summed E-state index contributed by atoms with van der Waals surface area (Å²) < 4.78 is 5.83. The van der Waals surface area contributed by atoms with Crippen LogP contribution in [0, 0.1) is 5.92 Å². The molecule has 0 amide bonds. The van der Waals surface area contributed by atoms with Gasteiger partial charge in [0.05, 0.1) is 13.1 Å². The van der Waals surface area contributed by atoms with Crippen LogP contribution in [0.4, 0.5) is 0 Å². The second-order valence-electron chi connectivity index (χ2n) is 6.38. The first-order valence-corrected chi connectivity index (χ1v) is 8.18. The number of carbonyl (C=O) groups excluding carboxylic acids is 1. The van der Waals surface area contributed by atoms with Crippen LogP contribution in [0.3, 0.4) is 0 Å². The number of benzene rings is 1. The molecule has 116 valence electrons. The average Bonchev–Trinajstić information content (AvgIpc) is 2.48. The number of ether oxygens (including phenoxy) is 1. The summed E-state index contributed by atoms with van der Waals surface area (Å²) in [6, 6.07) is 8.16. The van der Waals surface area contributed by atoms with Gasteiger partial charge < -0.3 is 14.4 Å². The molecular formula is C18H28NO2+. The van der Waals surface area contributed by atoms with Gasteiger partial charge in [0.2, 0.25) is 0 Å². The SMILES string of the molecule is CC(=O)CCc1ccc(OCC[NH+]2CCC(C)CC2)cc1. The first kappa shape index (κ1) is 16.0. The number of carbonyl (C=O) groups is 1. The number of hydrogen-bond donors (Lipinski definition) is 1. The number of aryl methyl sites for hydroxylation is 1. The standard InChI is InChI=1S/C18H27NO2/c1-15-9-11-19(12-10-15)13-14-21-18-7-5-17(6-8-18)4-3-16(2)20/h5-8,15H,3-4,9-14H2,1-2H3/p+1. The quantitative estimate of drug-likeness (QED) is 0.831. The van der Waals surface area contributed by atoms with Crippen molar-refractivity contribution in [3.05, 3.63) is 29.8 Å². The first-order chi connectivity index (χ1) is 10.1. The van der Waals surface area contributed by atoms with E-state index in [1.165, 1.54) is 31.5 Å². The fourth-order valence-electron chi connectivity index (χ4n) is 2.81. The highest BCUT2D eigenvalue weighted by atomic mass is 16.5. The van der Waals surface area contributed by atoms with Crippen LogP contribution in [0.1, 0.15) is 38.7 Å². The van der Waals surface area contributed by atoms with Crippen LogP contribution in [0.15, 0.2) is 24.3 Å². The van der Waals surface area contributed by atoms with E-state index in [1.807, 2.05) is 12.1 Å². The van der Waals surface area contributed by atoms with Gasteiger partial charge in [-0.15, -0.1) is 0 Å². The van der Waals surface area contributed by atoms with E-state index < -0.39 is 0 Å². The summed E-state index contributed by atoms with van der Waals surface area (Å²) >= 11 is 0. The highest BCUT2D eigenvalue weighted by Gasteiger charge is 2.18. The number of quaternary nitrogens is 1. The van der Waals surface area contributed by atoms with Gasteiger partial charge in [0, 0.05) is 6.42 Å². The Morgan fingerprint density at radius 1 is 1.24 bits per heavy atom. The molecule has 21 heavy (non-hydrogen) atoms. The lowest BCUT2D eigenvalue weighted by Gasteiger charge is -2.27. The van der Waals surface area contributed by atoms with E-state index in [2.05, 4.69) is 19.1 Å². The minimum Gasteiger partial charge on any atom is -0.488 e. The van der Waals surface area contributed by atoms with Crippen LogP contribution in [-0.2, 0) is 11.2 Å². The summed E-state index contributed by atoms with van der Waals surface area (Å²) in [6.45, 7) is 8.44. The molecule has 0 atom stereocenters. The van der Waals surface area contributed by atoms with Crippen LogP contribution in [0.5, 0.6) is 5.75 Å². The number of likely N-dealkylation sites (tertiary alicyclic amines) is 1. The molecule has 1 fully saturated rings. The van der Waals surface area contributed by atoms with E-state index in [4.69, 9.17) is 4.74 Å². The maximum Gasteiger partial charge on any atom is 0.137 e. The largest absolute Gasteiger partial charge is 0.488 e. The second-order valence-corrected chi connectivity index (χ2v) is 6.38. The van der Waals surface area contributed by atoms with Gasteiger partial charge in [-0.05, 0) is 49.8 Å². The molecule has 0 spiro atoms. The molecule has 0 aromatic heterocycles. The van der Waals surface area contributed by atoms with Gasteiger partial charge in [-0.1, -0.05) is 19.1 Å². The normalized spacial score (nSPS) is 22.0. The maximum atomic E-state index is 11.0. The van der Waals surface area contributed by atoms with E-state index >= 15 is 0 Å². The van der Waals surface area contributed by atoms with Gasteiger partial charge in [0.25, 0.3) is 0 Å². The fourth-order valence-corrected chi connectivity index (χ4v) is 2.81. The zero-order chi connectivity index (χ0) is 15.1. The van der Waals surface area contributed by atoms with Gasteiger partial charge in [0.1, 0.15) is 24.7 Å². The molecule has 1 aromatic carbocycles. The summed E-state index contributed by atoms with van der Waals surface area (Å²) in [5.74, 6) is 2.08. The van der Waals surface area contributed by atoms with E-state index in [1.54, 1.807) is 11.8 Å². The van der Waals surface area contributed by atoms with Crippen molar-refractivity contribution >= 4 is 5.78 Å². The zero-order valence-electron chi connectivity index (χ0n) is 13.4. The number of Topliss-reactive ketones (excluding diaryl/α,β-unsaturated/α-hetero) is 1. The van der Waals surface area contributed by atoms with Crippen molar-refractivity contribution in [2.45, 2.75) is 39.5 Å². The molecule has 1 heterocycles. The Hall–Kier alpha value is -1.35. The number of rotatable bonds is 7. The maximum absolute atomic E-state index is 11.0. The molecule has 1 aliphatic heterocycles. The van der Waals surface area contributed by atoms with Gasteiger partial charge in [0.15, 0.2) is 0 Å². The smallest absolute Gasteiger partial charge is 0.137 e. The van der Waals surface area contributed by atoms with Crippen molar-refractivity contribution in [1.82, 2.24) is 0 Å². The molecule has 3 nitrogen and oxygen atoms in total. The molecule has 3 heteroatoms. The van der Waals surface area contributed by atoms with Crippen LogP contribution >= 0.6 is 0 Å². The third kappa shape index (κ3) is 5.88. The third-order valence-electron chi connectivity index (χ3n) is 4.39. The Balaban J connectivity index is 1.67. The van der Waals surface area contributed by atoms with Crippen molar-refractivity contribution in [3.8, 4) is 5.75 Å². The first-order valence-electron chi connectivity index (χ1n) is 8.18. The third-order valence-corrected chi connectivity index (χ3v) is 4.39. The van der Waals surface area contributed by atoms with E-state index in [0.717, 1.165) is 31.2 Å². The van der Waals surface area contributed by atoms with E-state index in [0.29, 0.717) is 6.42 Å². The Labute approximate surface area is 128 Å². The molecule has 0 radical (unpaired) electrons. The number of nitrogens with one attached hydrogen (secondary N) is 1. The van der Waals surface area contributed by atoms with E-state index in [9.17, 15) is 4.79 Å². The van der Waals surface area contributed by atoms with Crippen molar-refractivity contribution in [3.63, 3.8) is 0 Å². The molecule has 0 aliphatic carbocycles. The summed E-state index contributed by atoms with van der Waals surface area (Å²) in [5, 5.41) is 0. The number of ketones is 1. The molecular weight excluding hydrogens is 262 g/mol. The van der Waals surface area contributed by atoms with Crippen molar-refractivity contribution in [2.75, 3.05) is 26.2 Å². The average molecular weight is 290 g/mol.